The lowest BCUT2D eigenvalue weighted by molar-refractivity contribution is 0.614. The molecule has 2 aromatic carbocycles. The minimum Gasteiger partial charge on any atom is -0.456 e. The summed E-state index contributed by atoms with van der Waals surface area (Å²) in [6.45, 7) is 5.53. The van der Waals surface area contributed by atoms with Crippen LogP contribution in [0.1, 0.15) is 18.1 Å². The molecule has 3 heteroatoms. The normalized spacial score (nSPS) is 11.2. The molecule has 0 aliphatic heterocycles. The van der Waals surface area contributed by atoms with Crippen molar-refractivity contribution in [3.63, 3.8) is 0 Å². The van der Waals surface area contributed by atoms with Gasteiger partial charge in [-0.15, -0.1) is 0 Å². The zero-order chi connectivity index (χ0) is 14.8. The van der Waals surface area contributed by atoms with Gasteiger partial charge in [0.15, 0.2) is 0 Å². The van der Waals surface area contributed by atoms with E-state index in [0.29, 0.717) is 6.54 Å². The zero-order valence-corrected chi connectivity index (χ0v) is 12.2. The molecule has 0 atom stereocenters. The van der Waals surface area contributed by atoms with E-state index in [-0.39, 0.29) is 5.82 Å². The van der Waals surface area contributed by atoms with E-state index in [9.17, 15) is 4.39 Å². The van der Waals surface area contributed by atoms with Gasteiger partial charge in [0.2, 0.25) is 0 Å². The summed E-state index contributed by atoms with van der Waals surface area (Å²) in [6, 6.07) is 12.9. The van der Waals surface area contributed by atoms with Crippen molar-refractivity contribution in [3.8, 4) is 11.3 Å². The Labute approximate surface area is 123 Å². The molecule has 0 amide bonds. The minimum atomic E-state index is -0.223. The van der Waals surface area contributed by atoms with E-state index in [1.807, 2.05) is 38.1 Å². The first-order valence-electron chi connectivity index (χ1n) is 7.17. The Morgan fingerprint density at radius 1 is 1.14 bits per heavy atom. The fourth-order valence-corrected chi connectivity index (χ4v) is 2.55. The maximum Gasteiger partial charge on any atom is 0.137 e. The molecule has 3 aromatic rings. The van der Waals surface area contributed by atoms with Crippen LogP contribution in [-0.2, 0) is 6.54 Å². The smallest absolute Gasteiger partial charge is 0.137 e. The summed E-state index contributed by atoms with van der Waals surface area (Å²) in [5.74, 6) is 0.561. The molecule has 1 heterocycles. The Hall–Kier alpha value is -2.13. The predicted octanol–water partition coefficient (Wildman–Crippen LogP) is 4.66. The first-order chi connectivity index (χ1) is 10.2. The average molecular weight is 283 g/mol. The molecule has 2 nitrogen and oxygen atoms in total. The van der Waals surface area contributed by atoms with Gasteiger partial charge in [-0.25, -0.2) is 4.39 Å². The molecule has 0 spiro atoms. The predicted molar refractivity (Wildman–Crippen MR) is 83.7 cm³/mol. The summed E-state index contributed by atoms with van der Waals surface area (Å²) in [4.78, 5) is 0. The van der Waals surface area contributed by atoms with Crippen molar-refractivity contribution in [2.24, 2.45) is 0 Å². The van der Waals surface area contributed by atoms with Gasteiger partial charge in [-0.3, -0.25) is 0 Å². The highest BCUT2D eigenvalue weighted by atomic mass is 19.1. The minimum absolute atomic E-state index is 0.223. The number of nitrogens with one attached hydrogen (secondary N) is 1. The third-order valence-electron chi connectivity index (χ3n) is 3.64. The van der Waals surface area contributed by atoms with Crippen molar-refractivity contribution in [2.75, 3.05) is 6.54 Å². The van der Waals surface area contributed by atoms with Crippen LogP contribution >= 0.6 is 0 Å². The first-order valence-corrected chi connectivity index (χ1v) is 7.17. The summed E-state index contributed by atoms with van der Waals surface area (Å²) < 4.78 is 19.5. The molecule has 21 heavy (non-hydrogen) atoms. The van der Waals surface area contributed by atoms with Crippen molar-refractivity contribution in [1.82, 2.24) is 5.32 Å². The maximum atomic E-state index is 13.5. The number of para-hydroxylation sites is 1. The quantitative estimate of drug-likeness (QED) is 0.753. The molecule has 0 aliphatic rings. The second-order valence-electron chi connectivity index (χ2n) is 5.19. The summed E-state index contributed by atoms with van der Waals surface area (Å²) >= 11 is 0. The molecule has 1 N–H and O–H groups in total. The number of fused-ring (bicyclic) bond motifs is 1. The lowest BCUT2D eigenvalue weighted by Crippen LogP contribution is -2.12. The van der Waals surface area contributed by atoms with Gasteiger partial charge in [0.25, 0.3) is 0 Å². The van der Waals surface area contributed by atoms with Gasteiger partial charge in [-0.05, 0) is 48.9 Å². The Bertz CT molecular complexity index is 776. The summed E-state index contributed by atoms with van der Waals surface area (Å²) in [5.41, 5.74) is 3.85. The largest absolute Gasteiger partial charge is 0.456 e. The molecule has 0 saturated carbocycles. The fourth-order valence-electron chi connectivity index (χ4n) is 2.55. The highest BCUT2D eigenvalue weighted by molar-refractivity contribution is 5.85. The molecule has 0 aliphatic carbocycles. The van der Waals surface area contributed by atoms with Gasteiger partial charge >= 0.3 is 0 Å². The van der Waals surface area contributed by atoms with Crippen molar-refractivity contribution < 1.29 is 8.81 Å². The van der Waals surface area contributed by atoms with Gasteiger partial charge in [-0.2, -0.15) is 0 Å². The van der Waals surface area contributed by atoms with Crippen molar-refractivity contribution >= 4 is 11.0 Å². The molecular formula is C18H18FNO. The number of hydrogen-bond donors (Lipinski definition) is 1. The molecule has 1 aromatic heterocycles. The van der Waals surface area contributed by atoms with E-state index in [4.69, 9.17) is 4.42 Å². The molecule has 0 saturated heterocycles. The third kappa shape index (κ3) is 2.69. The number of benzene rings is 2. The van der Waals surface area contributed by atoms with Gasteiger partial charge in [0.05, 0.1) is 0 Å². The fraction of sp³-hybridized carbons (Fsp3) is 0.222. The van der Waals surface area contributed by atoms with Gasteiger partial charge in [0.1, 0.15) is 17.2 Å². The Kier molecular flexibility index (Phi) is 3.76. The van der Waals surface area contributed by atoms with Gasteiger partial charge in [-0.1, -0.05) is 25.1 Å². The molecule has 3 rings (SSSR count). The van der Waals surface area contributed by atoms with Crippen molar-refractivity contribution in [2.45, 2.75) is 20.4 Å². The van der Waals surface area contributed by atoms with Crippen LogP contribution in [0.3, 0.4) is 0 Å². The summed E-state index contributed by atoms with van der Waals surface area (Å²) in [7, 11) is 0. The summed E-state index contributed by atoms with van der Waals surface area (Å²) in [5, 5.41) is 4.31. The monoisotopic (exact) mass is 283 g/mol. The van der Waals surface area contributed by atoms with Gasteiger partial charge < -0.3 is 9.73 Å². The standard InChI is InChI=1S/C18H18FNO/c1-3-20-11-14-9-15(19)7-8-16(14)17-10-13-6-4-5-12(2)18(13)21-17/h4-10,20H,3,11H2,1-2H3. The van der Waals surface area contributed by atoms with Crippen LogP contribution in [-0.4, -0.2) is 6.54 Å². The highest BCUT2D eigenvalue weighted by Crippen LogP contribution is 2.32. The summed E-state index contributed by atoms with van der Waals surface area (Å²) in [6.07, 6.45) is 0. The van der Waals surface area contributed by atoms with Crippen LogP contribution in [0, 0.1) is 12.7 Å². The van der Waals surface area contributed by atoms with E-state index in [2.05, 4.69) is 5.32 Å². The second-order valence-corrected chi connectivity index (χ2v) is 5.19. The Balaban J connectivity index is 2.11. The van der Waals surface area contributed by atoms with Crippen LogP contribution in [0.2, 0.25) is 0 Å². The first kappa shape index (κ1) is 13.8. The van der Waals surface area contributed by atoms with Crippen LogP contribution < -0.4 is 5.32 Å². The van der Waals surface area contributed by atoms with E-state index < -0.39 is 0 Å². The van der Waals surface area contributed by atoms with E-state index in [0.717, 1.165) is 40.0 Å². The Morgan fingerprint density at radius 2 is 2.00 bits per heavy atom. The van der Waals surface area contributed by atoms with Crippen LogP contribution in [0.15, 0.2) is 46.9 Å². The number of aryl methyl sites for hydroxylation is 1. The number of furan rings is 1. The number of rotatable bonds is 4. The number of hydrogen-bond acceptors (Lipinski definition) is 2. The average Bonchev–Trinajstić information content (AvgIpc) is 2.90. The number of halogens is 1. The molecule has 0 fully saturated rings. The van der Waals surface area contributed by atoms with Crippen molar-refractivity contribution in [1.29, 1.82) is 0 Å². The topological polar surface area (TPSA) is 25.2 Å². The van der Waals surface area contributed by atoms with Gasteiger partial charge in [0, 0.05) is 17.5 Å². The van der Waals surface area contributed by atoms with Crippen LogP contribution in [0.4, 0.5) is 4.39 Å². The van der Waals surface area contributed by atoms with Crippen molar-refractivity contribution in [3.05, 3.63) is 59.4 Å². The SMILES string of the molecule is CCNCc1cc(F)ccc1-c1cc2cccc(C)c2o1. The highest BCUT2D eigenvalue weighted by Gasteiger charge is 2.12. The third-order valence-corrected chi connectivity index (χ3v) is 3.64. The van der Waals surface area contributed by atoms with Crippen LogP contribution in [0.5, 0.6) is 0 Å². The van der Waals surface area contributed by atoms with Crippen LogP contribution in [0.25, 0.3) is 22.3 Å². The second kappa shape index (κ2) is 5.70. The van der Waals surface area contributed by atoms with E-state index in [1.54, 1.807) is 12.1 Å². The van der Waals surface area contributed by atoms with E-state index in [1.165, 1.54) is 6.07 Å². The lowest BCUT2D eigenvalue weighted by atomic mass is 10.0. The molecule has 0 bridgehead atoms. The maximum absolute atomic E-state index is 13.5. The molecular weight excluding hydrogens is 265 g/mol. The molecule has 0 radical (unpaired) electrons. The lowest BCUT2D eigenvalue weighted by Gasteiger charge is -2.08. The zero-order valence-electron chi connectivity index (χ0n) is 12.2. The Morgan fingerprint density at radius 3 is 2.76 bits per heavy atom. The molecule has 108 valence electrons. The van der Waals surface area contributed by atoms with E-state index >= 15 is 0 Å². The molecule has 0 unspecified atom stereocenters.